The summed E-state index contributed by atoms with van der Waals surface area (Å²) in [4.78, 5) is 10.6. The SMILES string of the molecule is CS(=O)(=O)OCCOc1ccccc1C=O. The van der Waals surface area contributed by atoms with E-state index < -0.39 is 10.1 Å². The lowest BCUT2D eigenvalue weighted by Gasteiger charge is -2.07. The summed E-state index contributed by atoms with van der Waals surface area (Å²) >= 11 is 0. The quantitative estimate of drug-likeness (QED) is 0.421. The molecule has 0 aliphatic rings. The van der Waals surface area contributed by atoms with E-state index in [1.807, 2.05) is 0 Å². The van der Waals surface area contributed by atoms with Crippen LogP contribution in [0.2, 0.25) is 0 Å². The third-order valence-electron chi connectivity index (χ3n) is 1.68. The summed E-state index contributed by atoms with van der Waals surface area (Å²) in [6.07, 6.45) is 1.64. The van der Waals surface area contributed by atoms with Gasteiger partial charge < -0.3 is 4.74 Å². The summed E-state index contributed by atoms with van der Waals surface area (Å²) < 4.78 is 30.9. The number of hydrogen-bond acceptors (Lipinski definition) is 5. The topological polar surface area (TPSA) is 69.7 Å². The molecule has 1 rings (SSSR count). The molecule has 0 atom stereocenters. The maximum Gasteiger partial charge on any atom is 0.264 e. The highest BCUT2D eigenvalue weighted by Gasteiger charge is 2.03. The molecule has 0 amide bonds. The fraction of sp³-hybridized carbons (Fsp3) is 0.300. The van der Waals surface area contributed by atoms with Crippen LogP contribution in [0.1, 0.15) is 10.4 Å². The Morgan fingerprint density at radius 2 is 1.94 bits per heavy atom. The third kappa shape index (κ3) is 4.41. The first-order chi connectivity index (χ1) is 7.53. The molecule has 0 saturated heterocycles. The highest BCUT2D eigenvalue weighted by molar-refractivity contribution is 7.85. The van der Waals surface area contributed by atoms with Gasteiger partial charge in [0.25, 0.3) is 10.1 Å². The molecule has 6 heteroatoms. The average molecular weight is 244 g/mol. The van der Waals surface area contributed by atoms with Crippen LogP contribution in [0.5, 0.6) is 5.75 Å². The van der Waals surface area contributed by atoms with E-state index in [9.17, 15) is 13.2 Å². The van der Waals surface area contributed by atoms with E-state index in [1.54, 1.807) is 24.3 Å². The number of hydrogen-bond donors (Lipinski definition) is 0. The van der Waals surface area contributed by atoms with Crippen molar-refractivity contribution in [1.29, 1.82) is 0 Å². The maximum absolute atomic E-state index is 10.6. The Kier molecular flexibility index (Phi) is 4.45. The van der Waals surface area contributed by atoms with Crippen LogP contribution in [0.4, 0.5) is 0 Å². The molecule has 0 heterocycles. The Morgan fingerprint density at radius 3 is 2.56 bits per heavy atom. The molecule has 5 nitrogen and oxygen atoms in total. The van der Waals surface area contributed by atoms with Crippen LogP contribution in [-0.2, 0) is 14.3 Å². The highest BCUT2D eigenvalue weighted by atomic mass is 32.2. The average Bonchev–Trinajstić information content (AvgIpc) is 2.23. The van der Waals surface area contributed by atoms with Crippen molar-refractivity contribution in [2.45, 2.75) is 0 Å². The van der Waals surface area contributed by atoms with Crippen LogP contribution in [0.15, 0.2) is 24.3 Å². The Bertz CT molecular complexity index is 452. The van der Waals surface area contributed by atoms with Crippen LogP contribution in [-0.4, -0.2) is 34.2 Å². The van der Waals surface area contributed by atoms with Crippen molar-refractivity contribution in [1.82, 2.24) is 0 Å². The predicted octanol–water partition coefficient (Wildman–Crippen LogP) is 0.854. The minimum Gasteiger partial charge on any atom is -0.490 e. The van der Waals surface area contributed by atoms with Crippen LogP contribution in [0.3, 0.4) is 0 Å². The minimum absolute atomic E-state index is 0.0674. The van der Waals surface area contributed by atoms with Gasteiger partial charge >= 0.3 is 0 Å². The Morgan fingerprint density at radius 1 is 1.25 bits per heavy atom. The number of carbonyl (C=O) groups excluding carboxylic acids is 1. The van der Waals surface area contributed by atoms with E-state index in [-0.39, 0.29) is 13.2 Å². The van der Waals surface area contributed by atoms with Gasteiger partial charge in [0.2, 0.25) is 0 Å². The first kappa shape index (κ1) is 12.7. The summed E-state index contributed by atoms with van der Waals surface area (Å²) in [5, 5.41) is 0. The lowest BCUT2D eigenvalue weighted by Crippen LogP contribution is -2.11. The van der Waals surface area contributed by atoms with Crippen molar-refractivity contribution >= 4 is 16.4 Å². The minimum atomic E-state index is -3.44. The Hall–Kier alpha value is -1.40. The number of para-hydroxylation sites is 1. The first-order valence-corrected chi connectivity index (χ1v) is 6.36. The molecule has 0 spiro atoms. The van der Waals surface area contributed by atoms with E-state index in [0.29, 0.717) is 17.6 Å². The van der Waals surface area contributed by atoms with Crippen molar-refractivity contribution in [3.63, 3.8) is 0 Å². The molecule has 1 aromatic rings. The van der Waals surface area contributed by atoms with Gasteiger partial charge in [0.15, 0.2) is 6.29 Å². The molecule has 0 unspecified atom stereocenters. The number of aldehydes is 1. The fourth-order valence-electron chi connectivity index (χ4n) is 1.05. The molecule has 88 valence electrons. The summed E-state index contributed by atoms with van der Waals surface area (Å²) in [5.74, 6) is 0.412. The molecule has 1 aromatic carbocycles. The van der Waals surface area contributed by atoms with Crippen LogP contribution in [0, 0.1) is 0 Å². The normalized spacial score (nSPS) is 11.1. The largest absolute Gasteiger partial charge is 0.490 e. The fourth-order valence-corrected chi connectivity index (χ4v) is 1.42. The highest BCUT2D eigenvalue weighted by Crippen LogP contribution is 2.15. The van der Waals surface area contributed by atoms with Crippen LogP contribution >= 0.6 is 0 Å². The molecule has 0 aromatic heterocycles. The van der Waals surface area contributed by atoms with Gasteiger partial charge in [-0.1, -0.05) is 12.1 Å². The standard InChI is InChI=1S/C10H12O5S/c1-16(12,13)15-7-6-14-10-5-3-2-4-9(10)8-11/h2-5,8H,6-7H2,1H3. The van der Waals surface area contributed by atoms with Gasteiger partial charge in [-0.25, -0.2) is 0 Å². The van der Waals surface area contributed by atoms with Crippen molar-refractivity contribution in [2.75, 3.05) is 19.5 Å². The maximum atomic E-state index is 10.6. The monoisotopic (exact) mass is 244 g/mol. The second kappa shape index (κ2) is 5.62. The van der Waals surface area contributed by atoms with Gasteiger partial charge in [-0.3, -0.25) is 8.98 Å². The Balaban J connectivity index is 2.46. The van der Waals surface area contributed by atoms with Gasteiger partial charge in [0, 0.05) is 0 Å². The third-order valence-corrected chi connectivity index (χ3v) is 2.28. The van der Waals surface area contributed by atoms with E-state index in [0.717, 1.165) is 6.26 Å². The lowest BCUT2D eigenvalue weighted by molar-refractivity contribution is 0.111. The van der Waals surface area contributed by atoms with Gasteiger partial charge in [0.05, 0.1) is 11.8 Å². The second-order valence-electron chi connectivity index (χ2n) is 3.03. The molecule has 0 bridgehead atoms. The van der Waals surface area contributed by atoms with Crippen LogP contribution < -0.4 is 4.74 Å². The van der Waals surface area contributed by atoms with E-state index >= 15 is 0 Å². The number of carbonyl (C=O) groups is 1. The second-order valence-corrected chi connectivity index (χ2v) is 4.67. The predicted molar refractivity (Wildman–Crippen MR) is 58.1 cm³/mol. The zero-order valence-corrected chi connectivity index (χ0v) is 9.57. The number of ether oxygens (including phenoxy) is 1. The summed E-state index contributed by atoms with van der Waals surface area (Å²) in [7, 11) is -3.44. The van der Waals surface area contributed by atoms with E-state index in [2.05, 4.69) is 4.18 Å². The molecular weight excluding hydrogens is 232 g/mol. The molecule has 0 N–H and O–H groups in total. The summed E-state index contributed by atoms with van der Waals surface area (Å²) in [5.41, 5.74) is 0.418. The lowest BCUT2D eigenvalue weighted by atomic mass is 10.2. The molecule has 0 fully saturated rings. The first-order valence-electron chi connectivity index (χ1n) is 4.54. The van der Waals surface area contributed by atoms with Crippen molar-refractivity contribution in [3.05, 3.63) is 29.8 Å². The molecule has 16 heavy (non-hydrogen) atoms. The van der Waals surface area contributed by atoms with Crippen LogP contribution in [0.25, 0.3) is 0 Å². The zero-order chi connectivity index (χ0) is 12.0. The van der Waals surface area contributed by atoms with Gasteiger partial charge in [-0.15, -0.1) is 0 Å². The van der Waals surface area contributed by atoms with Gasteiger partial charge in [0.1, 0.15) is 19.0 Å². The molecule has 0 aliphatic carbocycles. The molecule has 0 aliphatic heterocycles. The van der Waals surface area contributed by atoms with Crippen molar-refractivity contribution < 1.29 is 22.1 Å². The molecule has 0 saturated carbocycles. The smallest absolute Gasteiger partial charge is 0.264 e. The molecular formula is C10H12O5S. The van der Waals surface area contributed by atoms with Gasteiger partial charge in [-0.05, 0) is 12.1 Å². The van der Waals surface area contributed by atoms with Crippen molar-refractivity contribution in [2.24, 2.45) is 0 Å². The number of rotatable bonds is 6. The molecule has 0 radical (unpaired) electrons. The van der Waals surface area contributed by atoms with E-state index in [4.69, 9.17) is 4.74 Å². The Labute approximate surface area is 94.1 Å². The summed E-state index contributed by atoms with van der Waals surface area (Å²) in [6, 6.07) is 6.67. The zero-order valence-electron chi connectivity index (χ0n) is 8.75. The summed E-state index contributed by atoms with van der Waals surface area (Å²) in [6.45, 7) is -0.00997. The van der Waals surface area contributed by atoms with Crippen molar-refractivity contribution in [3.8, 4) is 5.75 Å². The number of benzene rings is 1. The van der Waals surface area contributed by atoms with E-state index in [1.165, 1.54) is 0 Å². The van der Waals surface area contributed by atoms with Gasteiger partial charge in [-0.2, -0.15) is 8.42 Å².